The van der Waals surface area contributed by atoms with Crippen LogP contribution in [0.2, 0.25) is 0 Å². The van der Waals surface area contributed by atoms with Crippen molar-refractivity contribution in [1.29, 1.82) is 0 Å². The van der Waals surface area contributed by atoms with Gasteiger partial charge in [-0.05, 0) is 103 Å². The molecule has 2 heterocycles. The normalized spacial score (nSPS) is 16.1. The minimum absolute atomic E-state index is 0.0182. The minimum Gasteiger partial charge on any atom is -0.465 e. The van der Waals surface area contributed by atoms with Crippen LogP contribution >= 0.6 is 0 Å². The van der Waals surface area contributed by atoms with Crippen molar-refractivity contribution in [3.8, 4) is 0 Å². The molecule has 0 saturated carbocycles. The number of carbonyl (C=O) groups is 8. The highest BCUT2D eigenvalue weighted by atomic mass is 16.6. The highest BCUT2D eigenvalue weighted by Gasteiger charge is 2.49. The predicted octanol–water partition coefficient (Wildman–Crippen LogP) is 5.89. The number of unbranched alkanes of at least 4 members (excludes halogenated alkanes) is 1. The highest BCUT2D eigenvalue weighted by Crippen LogP contribution is 2.41. The number of hydrogen-bond donors (Lipinski definition) is 7. The Labute approximate surface area is 447 Å². The molecule has 5 rings (SSSR count). The second-order valence-corrected chi connectivity index (χ2v) is 22.5. The van der Waals surface area contributed by atoms with Crippen LogP contribution in [0.3, 0.4) is 0 Å². The fourth-order valence-electron chi connectivity index (χ4n) is 9.40. The van der Waals surface area contributed by atoms with E-state index >= 15 is 0 Å². The maximum Gasteiger partial charge on any atom is 0.408 e. The Morgan fingerprint density at radius 3 is 1.43 bits per heavy atom. The molecule has 3 aromatic rings. The van der Waals surface area contributed by atoms with Crippen LogP contribution in [-0.2, 0) is 52.7 Å². The van der Waals surface area contributed by atoms with E-state index in [-0.39, 0.29) is 61.8 Å². The van der Waals surface area contributed by atoms with E-state index in [0.29, 0.717) is 63.0 Å². The predicted molar refractivity (Wildman–Crippen MR) is 287 cm³/mol. The molecule has 5 atom stereocenters. The number of nitrogens with zero attached hydrogens (tertiary/aromatic N) is 2. The Balaban J connectivity index is 1.29. The summed E-state index contributed by atoms with van der Waals surface area (Å²) in [6.07, 6.45) is 0.151. The van der Waals surface area contributed by atoms with Crippen LogP contribution in [0.25, 0.3) is 0 Å². The molecular weight excluding hydrogens is 973 g/mol. The van der Waals surface area contributed by atoms with Gasteiger partial charge in [0.15, 0.2) is 0 Å². The Hall–Kier alpha value is -7.18. The number of carboxylic acid groups (broad SMARTS) is 1. The number of ether oxygens (including phenoxy) is 2. The Bertz CT molecular complexity index is 2410. The molecule has 2 fully saturated rings. The summed E-state index contributed by atoms with van der Waals surface area (Å²) in [6, 6.07) is 21.8. The van der Waals surface area contributed by atoms with Crippen LogP contribution < -0.4 is 31.9 Å². The van der Waals surface area contributed by atoms with Gasteiger partial charge in [0.25, 0.3) is 0 Å². The molecule has 19 nitrogen and oxygen atoms in total. The minimum atomic E-state index is -1.41. The number of benzene rings is 3. The number of carbonyl (C=O) groups excluding carboxylic acids is 7. The van der Waals surface area contributed by atoms with E-state index in [2.05, 4.69) is 31.9 Å². The van der Waals surface area contributed by atoms with E-state index in [0.717, 1.165) is 5.56 Å². The Morgan fingerprint density at radius 2 is 0.961 bits per heavy atom. The lowest BCUT2D eigenvalue weighted by molar-refractivity contribution is -0.152. The molecule has 0 aromatic heterocycles. The number of piperidine rings is 1. The maximum absolute atomic E-state index is 14.6. The van der Waals surface area contributed by atoms with Crippen molar-refractivity contribution in [3.63, 3.8) is 0 Å². The van der Waals surface area contributed by atoms with E-state index in [1.54, 1.807) is 106 Å². The van der Waals surface area contributed by atoms with Crippen LogP contribution in [0, 0.1) is 11.3 Å². The summed E-state index contributed by atoms with van der Waals surface area (Å²) in [5, 5.41) is 26.1. The van der Waals surface area contributed by atoms with Crippen molar-refractivity contribution in [3.05, 3.63) is 108 Å². The molecule has 414 valence electrons. The molecule has 0 unspecified atom stereocenters. The summed E-state index contributed by atoms with van der Waals surface area (Å²) in [7, 11) is 0. The van der Waals surface area contributed by atoms with Crippen molar-refractivity contribution in [2.75, 3.05) is 32.7 Å². The quantitative estimate of drug-likeness (QED) is 0.0552. The van der Waals surface area contributed by atoms with E-state index in [1.165, 1.54) is 0 Å². The van der Waals surface area contributed by atoms with E-state index < -0.39 is 77.4 Å². The first-order valence-electron chi connectivity index (χ1n) is 26.4. The monoisotopic (exact) mass is 1050 g/mol. The second kappa shape index (κ2) is 27.6. The SMILES string of the molecule is CC(C)C[C@@H](NC(=O)[C@@H](Cc1ccccc1)NC(=O)[C@@H](Cc1ccccc1)NC(=O)O)C(=O)N[C@H](CCCCNC(=O)OC(C)(C)C)C(=O)N1CCC2(CC1)CN(C(=O)[C@@H](Cc1ccccc1)NC(=O)OC(C)(C)C)C2. The van der Waals surface area contributed by atoms with Crippen LogP contribution in [-0.4, -0.2) is 137 Å². The fraction of sp³-hybridized carbons (Fsp3) is 0.544. The van der Waals surface area contributed by atoms with Gasteiger partial charge in [-0.3, -0.25) is 24.0 Å². The third kappa shape index (κ3) is 19.8. The van der Waals surface area contributed by atoms with Crippen molar-refractivity contribution in [2.24, 2.45) is 11.3 Å². The van der Waals surface area contributed by atoms with Gasteiger partial charge in [-0.15, -0.1) is 0 Å². The summed E-state index contributed by atoms with van der Waals surface area (Å²) in [5.74, 6) is -2.63. The van der Waals surface area contributed by atoms with Crippen molar-refractivity contribution >= 4 is 47.8 Å². The van der Waals surface area contributed by atoms with Crippen LogP contribution in [0.15, 0.2) is 91.0 Å². The molecular formula is C57H80N8O11. The summed E-state index contributed by atoms with van der Waals surface area (Å²) < 4.78 is 10.9. The van der Waals surface area contributed by atoms with E-state index in [9.17, 15) is 43.5 Å². The molecule has 2 saturated heterocycles. The van der Waals surface area contributed by atoms with Crippen molar-refractivity contribution in [1.82, 2.24) is 41.7 Å². The molecule has 3 aromatic carbocycles. The first kappa shape index (κ1) is 59.7. The van der Waals surface area contributed by atoms with Gasteiger partial charge in [-0.2, -0.15) is 0 Å². The molecule has 0 bridgehead atoms. The average Bonchev–Trinajstić information content (AvgIpc) is 3.33. The van der Waals surface area contributed by atoms with Crippen LogP contribution in [0.1, 0.15) is 111 Å². The largest absolute Gasteiger partial charge is 0.465 e. The standard InChI is InChI=1S/C57H80N8O11/c1-38(2)32-43(60-48(67)44(33-39-20-12-9-13-21-39)61-49(68)45(62-52(71)72)34-40-22-14-10-15-23-40)47(66)59-42(26-18-19-29-58-53(73)75-55(3,4)5)50(69)64-30-27-57(28-31-64)36-65(37-57)51(70)46(35-41-24-16-11-17-25-41)63-54(74)76-56(6,7)8/h9-17,20-25,38,42-46,62H,18-19,26-37H2,1-8H3,(H,58,73)(H,59,66)(H,60,67)(H,61,68)(H,63,74)(H,71,72)/t42-,43-,44-,45-,46-/m1/s1. The average molecular weight is 1050 g/mol. The number of likely N-dealkylation sites (tertiary alicyclic amines) is 2. The molecule has 2 aliphatic rings. The van der Waals surface area contributed by atoms with Crippen molar-refractivity contribution < 1.29 is 52.9 Å². The number of hydrogen-bond acceptors (Lipinski definition) is 10. The molecule has 76 heavy (non-hydrogen) atoms. The van der Waals surface area contributed by atoms with Crippen LogP contribution in [0.4, 0.5) is 14.4 Å². The molecule has 2 aliphatic heterocycles. The van der Waals surface area contributed by atoms with Gasteiger partial charge in [0.05, 0.1) is 0 Å². The van der Waals surface area contributed by atoms with Gasteiger partial charge in [0, 0.05) is 57.4 Å². The molecule has 19 heteroatoms. The van der Waals surface area contributed by atoms with Gasteiger partial charge in [0.1, 0.15) is 41.4 Å². The zero-order valence-corrected chi connectivity index (χ0v) is 45.4. The summed E-state index contributed by atoms with van der Waals surface area (Å²) in [5.41, 5.74) is 0.599. The molecule has 7 N–H and O–H groups in total. The van der Waals surface area contributed by atoms with Crippen LogP contribution in [0.5, 0.6) is 0 Å². The lowest BCUT2D eigenvalue weighted by Crippen LogP contribution is -2.66. The molecule has 0 radical (unpaired) electrons. The molecule has 0 aliphatic carbocycles. The second-order valence-electron chi connectivity index (χ2n) is 22.5. The highest BCUT2D eigenvalue weighted by molar-refractivity contribution is 5.95. The molecule has 1 spiro atoms. The lowest BCUT2D eigenvalue weighted by Gasteiger charge is -2.54. The van der Waals surface area contributed by atoms with E-state index in [1.807, 2.05) is 50.2 Å². The van der Waals surface area contributed by atoms with Gasteiger partial charge in [-0.25, -0.2) is 14.4 Å². The zero-order valence-electron chi connectivity index (χ0n) is 45.4. The first-order chi connectivity index (χ1) is 35.9. The maximum atomic E-state index is 14.6. The summed E-state index contributed by atoms with van der Waals surface area (Å²) in [6.45, 7) is 16.2. The van der Waals surface area contributed by atoms with Gasteiger partial charge in [-0.1, -0.05) is 105 Å². The number of rotatable bonds is 23. The zero-order chi connectivity index (χ0) is 55.6. The van der Waals surface area contributed by atoms with Crippen molar-refractivity contribution in [2.45, 2.75) is 155 Å². The van der Waals surface area contributed by atoms with E-state index in [4.69, 9.17) is 9.47 Å². The Morgan fingerprint density at radius 1 is 0.539 bits per heavy atom. The first-order valence-corrected chi connectivity index (χ1v) is 26.4. The smallest absolute Gasteiger partial charge is 0.408 e. The Kier molecular flexibility index (Phi) is 21.6. The third-order valence-electron chi connectivity index (χ3n) is 13.1. The van der Waals surface area contributed by atoms with Gasteiger partial charge < -0.3 is 56.3 Å². The van der Waals surface area contributed by atoms with Gasteiger partial charge in [0.2, 0.25) is 29.5 Å². The number of nitrogens with one attached hydrogen (secondary N) is 6. The summed E-state index contributed by atoms with van der Waals surface area (Å²) >= 11 is 0. The number of alkyl carbamates (subject to hydrolysis) is 2. The number of amides is 8. The van der Waals surface area contributed by atoms with Gasteiger partial charge >= 0.3 is 18.3 Å². The lowest BCUT2D eigenvalue weighted by atomic mass is 9.71. The summed E-state index contributed by atoms with van der Waals surface area (Å²) in [4.78, 5) is 112. The topological polar surface area (TPSA) is 254 Å². The fourth-order valence-corrected chi connectivity index (χ4v) is 9.40. The third-order valence-corrected chi connectivity index (χ3v) is 13.1. The molecule has 8 amide bonds.